The Kier molecular flexibility index (Phi) is 3.52. The lowest BCUT2D eigenvalue weighted by Gasteiger charge is -2.39. The summed E-state index contributed by atoms with van der Waals surface area (Å²) >= 11 is 0. The van der Waals surface area contributed by atoms with E-state index >= 15 is 0 Å². The summed E-state index contributed by atoms with van der Waals surface area (Å²) in [4.78, 5) is 16.9. The standard InChI is InChI=1S/C16H22N2O2/c1-17-14-7-3-2-6-13(14)16(15(17)20)8-4-9-18(12-16)10-5-11-19/h2-3,6-7,19H,4-5,8-12H2,1H3/t16-/m0/s1. The number of carbonyl (C=O) groups excluding carboxylic acids is 1. The number of aliphatic hydroxyl groups is 1. The number of nitrogens with zero attached hydrogens (tertiary/aromatic N) is 2. The van der Waals surface area contributed by atoms with Gasteiger partial charge in [-0.3, -0.25) is 4.79 Å². The molecule has 3 rings (SSSR count). The number of piperidine rings is 1. The SMILES string of the molecule is CN1C(=O)[C@]2(CCCN(CCCO)C2)c2ccccc21. The number of aliphatic hydroxyl groups excluding tert-OH is 1. The maximum atomic E-state index is 12.8. The van der Waals surface area contributed by atoms with Gasteiger partial charge in [0.1, 0.15) is 0 Å². The molecule has 2 heterocycles. The largest absolute Gasteiger partial charge is 0.396 e. The number of amides is 1. The molecule has 108 valence electrons. The van der Waals surface area contributed by atoms with E-state index in [2.05, 4.69) is 11.0 Å². The van der Waals surface area contributed by atoms with Crippen LogP contribution >= 0.6 is 0 Å². The molecule has 2 aliphatic rings. The van der Waals surface area contributed by atoms with E-state index < -0.39 is 0 Å². The average Bonchev–Trinajstić information content (AvgIpc) is 2.69. The molecule has 1 aromatic rings. The molecule has 0 saturated carbocycles. The fourth-order valence-corrected chi connectivity index (χ4v) is 3.74. The van der Waals surface area contributed by atoms with E-state index in [-0.39, 0.29) is 17.9 Å². The number of fused-ring (bicyclic) bond motifs is 2. The number of hydrogen-bond donors (Lipinski definition) is 1. The van der Waals surface area contributed by atoms with Crippen molar-refractivity contribution in [3.63, 3.8) is 0 Å². The Morgan fingerprint density at radius 1 is 1.35 bits per heavy atom. The normalized spacial score (nSPS) is 26.3. The van der Waals surface area contributed by atoms with Gasteiger partial charge in [-0.15, -0.1) is 0 Å². The van der Waals surface area contributed by atoms with Gasteiger partial charge in [0, 0.05) is 32.4 Å². The molecule has 0 bridgehead atoms. The number of likely N-dealkylation sites (N-methyl/N-ethyl adjacent to an activating group) is 1. The Morgan fingerprint density at radius 3 is 2.95 bits per heavy atom. The van der Waals surface area contributed by atoms with Crippen LogP contribution in [0.1, 0.15) is 24.8 Å². The number of hydrogen-bond acceptors (Lipinski definition) is 3. The molecule has 1 fully saturated rings. The third kappa shape index (κ3) is 1.95. The second-order valence-electron chi connectivity index (χ2n) is 5.92. The van der Waals surface area contributed by atoms with Crippen LogP contribution < -0.4 is 4.90 Å². The van der Waals surface area contributed by atoms with Crippen molar-refractivity contribution in [1.29, 1.82) is 0 Å². The van der Waals surface area contributed by atoms with Gasteiger partial charge in [0.25, 0.3) is 0 Å². The van der Waals surface area contributed by atoms with E-state index in [0.29, 0.717) is 0 Å². The predicted molar refractivity (Wildman–Crippen MR) is 78.9 cm³/mol. The first kappa shape index (κ1) is 13.6. The number of anilines is 1. The topological polar surface area (TPSA) is 43.8 Å². The summed E-state index contributed by atoms with van der Waals surface area (Å²) in [6.07, 6.45) is 2.75. The second-order valence-corrected chi connectivity index (χ2v) is 5.92. The van der Waals surface area contributed by atoms with Crippen LogP contribution in [-0.4, -0.2) is 49.2 Å². The Balaban J connectivity index is 1.93. The van der Waals surface area contributed by atoms with Crippen LogP contribution in [0.2, 0.25) is 0 Å². The summed E-state index contributed by atoms with van der Waals surface area (Å²) in [7, 11) is 1.88. The van der Waals surface area contributed by atoms with E-state index in [1.807, 2.05) is 30.1 Å². The number of para-hydroxylation sites is 1. The molecule has 1 spiro atoms. The highest BCUT2D eigenvalue weighted by molar-refractivity contribution is 6.08. The minimum atomic E-state index is -0.362. The number of likely N-dealkylation sites (tertiary alicyclic amines) is 1. The zero-order valence-corrected chi connectivity index (χ0v) is 12.0. The van der Waals surface area contributed by atoms with Gasteiger partial charge in [-0.1, -0.05) is 18.2 Å². The first-order chi connectivity index (χ1) is 9.69. The van der Waals surface area contributed by atoms with Crippen molar-refractivity contribution in [2.75, 3.05) is 38.2 Å². The molecule has 1 saturated heterocycles. The molecular weight excluding hydrogens is 252 g/mol. The molecule has 0 aliphatic carbocycles. The second kappa shape index (κ2) is 5.19. The summed E-state index contributed by atoms with van der Waals surface area (Å²) in [6.45, 7) is 2.90. The summed E-state index contributed by atoms with van der Waals surface area (Å²) in [6, 6.07) is 8.16. The summed E-state index contributed by atoms with van der Waals surface area (Å²) in [5.41, 5.74) is 1.88. The highest BCUT2D eigenvalue weighted by Gasteiger charge is 2.51. The first-order valence-electron chi connectivity index (χ1n) is 7.40. The molecule has 0 aromatic heterocycles. The molecule has 20 heavy (non-hydrogen) atoms. The Labute approximate surface area is 120 Å². The van der Waals surface area contributed by atoms with Crippen molar-refractivity contribution in [2.24, 2.45) is 0 Å². The monoisotopic (exact) mass is 274 g/mol. The molecule has 0 unspecified atom stereocenters. The van der Waals surface area contributed by atoms with Gasteiger partial charge >= 0.3 is 0 Å². The Bertz CT molecular complexity index is 517. The van der Waals surface area contributed by atoms with Gasteiger partial charge in [-0.25, -0.2) is 0 Å². The van der Waals surface area contributed by atoms with Crippen LogP contribution in [0, 0.1) is 0 Å². The smallest absolute Gasteiger partial charge is 0.238 e. The predicted octanol–water partition coefficient (Wildman–Crippen LogP) is 1.38. The maximum absolute atomic E-state index is 12.8. The van der Waals surface area contributed by atoms with Gasteiger partial charge in [0.15, 0.2) is 0 Å². The molecular formula is C16H22N2O2. The lowest BCUT2D eigenvalue weighted by molar-refractivity contribution is -0.124. The zero-order valence-electron chi connectivity index (χ0n) is 12.0. The minimum absolute atomic E-state index is 0.216. The van der Waals surface area contributed by atoms with Gasteiger partial charge in [0.2, 0.25) is 5.91 Å². The third-order valence-corrected chi connectivity index (χ3v) is 4.70. The molecule has 1 N–H and O–H groups in total. The van der Waals surface area contributed by atoms with Crippen LogP contribution in [0.25, 0.3) is 0 Å². The molecule has 0 radical (unpaired) electrons. The van der Waals surface area contributed by atoms with Crippen molar-refractivity contribution in [1.82, 2.24) is 4.90 Å². The number of carbonyl (C=O) groups is 1. The Morgan fingerprint density at radius 2 is 2.15 bits per heavy atom. The van der Waals surface area contributed by atoms with Gasteiger partial charge in [-0.2, -0.15) is 0 Å². The van der Waals surface area contributed by atoms with Crippen molar-refractivity contribution >= 4 is 11.6 Å². The quantitative estimate of drug-likeness (QED) is 0.905. The fourth-order valence-electron chi connectivity index (χ4n) is 3.74. The summed E-state index contributed by atoms with van der Waals surface area (Å²) in [5, 5.41) is 9.00. The van der Waals surface area contributed by atoms with Gasteiger partial charge < -0.3 is 14.9 Å². The molecule has 4 heteroatoms. The lowest BCUT2D eigenvalue weighted by Crippen LogP contribution is -2.51. The van der Waals surface area contributed by atoms with Crippen molar-refractivity contribution in [3.05, 3.63) is 29.8 Å². The van der Waals surface area contributed by atoms with Crippen molar-refractivity contribution in [2.45, 2.75) is 24.7 Å². The van der Waals surface area contributed by atoms with E-state index in [1.165, 1.54) is 5.56 Å². The van der Waals surface area contributed by atoms with Crippen LogP contribution in [-0.2, 0) is 10.2 Å². The zero-order chi connectivity index (χ0) is 14.2. The van der Waals surface area contributed by atoms with E-state index in [9.17, 15) is 4.79 Å². The maximum Gasteiger partial charge on any atom is 0.238 e. The third-order valence-electron chi connectivity index (χ3n) is 4.70. The van der Waals surface area contributed by atoms with Crippen LogP contribution in [0.3, 0.4) is 0 Å². The van der Waals surface area contributed by atoms with Crippen LogP contribution in [0.15, 0.2) is 24.3 Å². The van der Waals surface area contributed by atoms with E-state index in [0.717, 1.165) is 44.6 Å². The van der Waals surface area contributed by atoms with Crippen LogP contribution in [0.5, 0.6) is 0 Å². The number of rotatable bonds is 3. The highest BCUT2D eigenvalue weighted by atomic mass is 16.3. The molecule has 4 nitrogen and oxygen atoms in total. The fraction of sp³-hybridized carbons (Fsp3) is 0.562. The summed E-state index contributed by atoms with van der Waals surface area (Å²) in [5.74, 6) is 0.229. The van der Waals surface area contributed by atoms with Gasteiger partial charge in [-0.05, 0) is 37.4 Å². The summed E-state index contributed by atoms with van der Waals surface area (Å²) < 4.78 is 0. The lowest BCUT2D eigenvalue weighted by atomic mass is 9.75. The number of benzene rings is 1. The molecule has 1 aromatic carbocycles. The highest BCUT2D eigenvalue weighted by Crippen LogP contribution is 2.46. The molecule has 1 amide bonds. The first-order valence-corrected chi connectivity index (χ1v) is 7.40. The van der Waals surface area contributed by atoms with Crippen molar-refractivity contribution in [3.8, 4) is 0 Å². The molecule has 2 aliphatic heterocycles. The minimum Gasteiger partial charge on any atom is -0.396 e. The van der Waals surface area contributed by atoms with E-state index in [4.69, 9.17) is 5.11 Å². The molecule has 1 atom stereocenters. The van der Waals surface area contributed by atoms with Crippen LogP contribution in [0.4, 0.5) is 5.69 Å². The van der Waals surface area contributed by atoms with Gasteiger partial charge in [0.05, 0.1) is 5.41 Å². The van der Waals surface area contributed by atoms with E-state index in [1.54, 1.807) is 0 Å². The average molecular weight is 274 g/mol. The Hall–Kier alpha value is -1.39. The van der Waals surface area contributed by atoms with Crippen molar-refractivity contribution < 1.29 is 9.90 Å².